The van der Waals surface area contributed by atoms with E-state index in [0.29, 0.717) is 12.6 Å². The van der Waals surface area contributed by atoms with Crippen LogP contribution in [0.5, 0.6) is 0 Å². The van der Waals surface area contributed by atoms with E-state index in [-0.39, 0.29) is 5.82 Å². The summed E-state index contributed by atoms with van der Waals surface area (Å²) in [7, 11) is -1.82. The molecule has 20 heavy (non-hydrogen) atoms. The average molecular weight is 294 g/mol. The van der Waals surface area contributed by atoms with Crippen LogP contribution in [0.2, 0.25) is 25.7 Å². The number of aromatic nitrogens is 3. The Hall–Kier alpha value is -1.53. The van der Waals surface area contributed by atoms with Crippen LogP contribution in [0, 0.1) is 5.82 Å². The molecule has 2 aromatic rings. The molecule has 1 aromatic carbocycles. The van der Waals surface area contributed by atoms with Gasteiger partial charge in [-0.1, -0.05) is 0 Å². The van der Waals surface area contributed by atoms with Crippen LogP contribution in [0.25, 0.3) is 0 Å². The first-order valence-electron chi connectivity index (χ1n) is 6.88. The molecule has 0 saturated heterocycles. The normalized spacial score (nSPS) is 15.8. The molecule has 0 amide bonds. The van der Waals surface area contributed by atoms with Gasteiger partial charge in [-0.15, -0.1) is 0 Å². The van der Waals surface area contributed by atoms with Crippen LogP contribution in [0.3, 0.4) is 0 Å². The molecule has 0 radical (unpaired) electrons. The van der Waals surface area contributed by atoms with E-state index >= 15 is 0 Å². The standard InChI is InChI=1S/C14H21FN3OSi/c1-20(2,3)9-14(19,8-18-11-16-10-17-18)12-4-6-13(15)7-5-12/h4-7,10-11,19-20H,8-9H2,1-3H3/q-1. The molecule has 110 valence electrons. The summed E-state index contributed by atoms with van der Waals surface area (Å²) >= 11 is 0. The number of hydrogen-bond acceptors (Lipinski definition) is 3. The minimum atomic E-state index is -1.82. The first kappa shape index (κ1) is 14.9. The molecular weight excluding hydrogens is 273 g/mol. The molecule has 1 aromatic heterocycles. The average Bonchev–Trinajstić information content (AvgIpc) is 2.79. The molecule has 0 spiro atoms. The van der Waals surface area contributed by atoms with Crippen molar-refractivity contribution in [2.24, 2.45) is 0 Å². The fourth-order valence-corrected chi connectivity index (χ4v) is 5.02. The van der Waals surface area contributed by atoms with Gasteiger partial charge in [0, 0.05) is 0 Å². The minimum absolute atomic E-state index is 0.299. The van der Waals surface area contributed by atoms with Gasteiger partial charge in [0.2, 0.25) is 0 Å². The topological polar surface area (TPSA) is 50.9 Å². The van der Waals surface area contributed by atoms with E-state index in [1.807, 2.05) is 0 Å². The van der Waals surface area contributed by atoms with Gasteiger partial charge in [0.1, 0.15) is 0 Å². The molecule has 1 N–H and O–H groups in total. The molecule has 1 unspecified atom stereocenters. The van der Waals surface area contributed by atoms with Gasteiger partial charge in [-0.25, -0.2) is 0 Å². The third-order valence-corrected chi connectivity index (χ3v) is 5.12. The van der Waals surface area contributed by atoms with Gasteiger partial charge in [-0.2, -0.15) is 0 Å². The Morgan fingerprint density at radius 3 is 2.40 bits per heavy atom. The molecule has 0 fully saturated rings. The van der Waals surface area contributed by atoms with Gasteiger partial charge >= 0.3 is 118 Å². The molecule has 4 nitrogen and oxygen atoms in total. The van der Waals surface area contributed by atoms with E-state index in [4.69, 9.17) is 0 Å². The van der Waals surface area contributed by atoms with Crippen molar-refractivity contribution in [3.8, 4) is 0 Å². The summed E-state index contributed by atoms with van der Waals surface area (Å²) in [5.41, 5.74) is -0.311. The number of benzene rings is 1. The Morgan fingerprint density at radius 1 is 1.25 bits per heavy atom. The van der Waals surface area contributed by atoms with Gasteiger partial charge < -0.3 is 0 Å². The van der Waals surface area contributed by atoms with E-state index in [0.717, 1.165) is 5.56 Å². The number of halogens is 1. The number of aliphatic hydroxyl groups is 1. The summed E-state index contributed by atoms with van der Waals surface area (Å²) in [6, 6.07) is 6.77. The predicted molar refractivity (Wildman–Crippen MR) is 79.9 cm³/mol. The zero-order chi connectivity index (χ0) is 14.8. The van der Waals surface area contributed by atoms with Crippen molar-refractivity contribution in [3.05, 3.63) is 48.3 Å². The zero-order valence-electron chi connectivity index (χ0n) is 12.1. The van der Waals surface area contributed by atoms with E-state index < -0.39 is 13.7 Å². The summed E-state index contributed by atoms with van der Waals surface area (Å²) in [5, 5.41) is 15.2. The Bertz CT molecular complexity index is 551. The second kappa shape index (κ2) is 5.45. The van der Waals surface area contributed by atoms with Crippen molar-refractivity contribution >= 4 is 8.07 Å². The van der Waals surface area contributed by atoms with Crippen LogP contribution in [-0.2, 0) is 12.1 Å². The molecule has 0 aliphatic carbocycles. The van der Waals surface area contributed by atoms with Crippen molar-refractivity contribution in [3.63, 3.8) is 0 Å². The van der Waals surface area contributed by atoms with Crippen molar-refractivity contribution in [1.29, 1.82) is 0 Å². The van der Waals surface area contributed by atoms with Crippen molar-refractivity contribution < 1.29 is 9.50 Å². The molecule has 0 aliphatic rings. The Kier molecular flexibility index (Phi) is 4.05. The van der Waals surface area contributed by atoms with Crippen LogP contribution >= 0.6 is 0 Å². The number of nitrogens with zero attached hydrogens (tertiary/aromatic N) is 3. The maximum absolute atomic E-state index is 13.1. The molecular formula is C14H21FN3OSi-. The number of hydrogen-bond donors (Lipinski definition) is 1. The first-order valence-corrected chi connectivity index (χ1v) is 11.2. The zero-order valence-corrected chi connectivity index (χ0v) is 13.3. The maximum atomic E-state index is 13.1. The van der Waals surface area contributed by atoms with Crippen LogP contribution in [0.1, 0.15) is 5.56 Å². The summed E-state index contributed by atoms with van der Waals surface area (Å²) in [4.78, 5) is 3.90. The molecule has 1 atom stereocenters. The van der Waals surface area contributed by atoms with Crippen LogP contribution in [0.4, 0.5) is 4.39 Å². The van der Waals surface area contributed by atoms with Gasteiger partial charge in [0.05, 0.1) is 0 Å². The molecule has 2 rings (SSSR count). The van der Waals surface area contributed by atoms with Crippen LogP contribution in [0.15, 0.2) is 36.9 Å². The van der Waals surface area contributed by atoms with Gasteiger partial charge in [-0.3, -0.25) is 0 Å². The van der Waals surface area contributed by atoms with Crippen molar-refractivity contribution in [2.45, 2.75) is 37.8 Å². The van der Waals surface area contributed by atoms with Gasteiger partial charge in [0.25, 0.3) is 0 Å². The quantitative estimate of drug-likeness (QED) is 0.861. The summed E-state index contributed by atoms with van der Waals surface area (Å²) in [6.07, 6.45) is 3.03. The van der Waals surface area contributed by atoms with Crippen LogP contribution in [-0.4, -0.2) is 27.9 Å². The number of rotatable bonds is 5. The second-order valence-electron chi connectivity index (χ2n) is 6.79. The summed E-state index contributed by atoms with van der Waals surface area (Å²) in [6.45, 7) is 7.00. The van der Waals surface area contributed by atoms with E-state index in [2.05, 4.69) is 29.7 Å². The summed E-state index contributed by atoms with van der Waals surface area (Å²) < 4.78 is 14.7. The summed E-state index contributed by atoms with van der Waals surface area (Å²) in [5.74, 6) is -0.299. The first-order chi connectivity index (χ1) is 9.28. The molecule has 0 saturated carbocycles. The Morgan fingerprint density at radius 2 is 1.90 bits per heavy atom. The van der Waals surface area contributed by atoms with Gasteiger partial charge in [0.15, 0.2) is 0 Å². The molecule has 0 aliphatic heterocycles. The monoisotopic (exact) mass is 294 g/mol. The van der Waals surface area contributed by atoms with E-state index in [9.17, 15) is 9.50 Å². The van der Waals surface area contributed by atoms with Crippen molar-refractivity contribution in [2.75, 3.05) is 0 Å². The molecule has 0 bridgehead atoms. The van der Waals surface area contributed by atoms with Crippen molar-refractivity contribution in [1.82, 2.24) is 14.8 Å². The van der Waals surface area contributed by atoms with Gasteiger partial charge in [-0.05, 0) is 0 Å². The molecule has 6 heteroatoms. The third kappa shape index (κ3) is 3.74. The SMILES string of the molecule is C[SiH-](C)(C)CC(O)(Cn1cncn1)c1ccc(F)cc1. The van der Waals surface area contributed by atoms with E-state index in [1.54, 1.807) is 23.1 Å². The third-order valence-electron chi connectivity index (χ3n) is 3.22. The molecule has 1 heterocycles. The Labute approximate surface area is 119 Å². The van der Waals surface area contributed by atoms with E-state index in [1.165, 1.54) is 18.5 Å². The fourth-order valence-electron chi connectivity index (χ4n) is 2.63. The second-order valence-corrected chi connectivity index (χ2v) is 13.1. The van der Waals surface area contributed by atoms with Crippen LogP contribution < -0.4 is 0 Å². The Balaban J connectivity index is 2.34. The fraction of sp³-hybridized carbons (Fsp3) is 0.429. The predicted octanol–water partition coefficient (Wildman–Crippen LogP) is 2.38.